The van der Waals surface area contributed by atoms with E-state index in [-0.39, 0.29) is 0 Å². The molecule has 0 saturated heterocycles. The molecule has 2 N–H and O–H groups in total. The van der Waals surface area contributed by atoms with Crippen LogP contribution in [0.15, 0.2) is 24.3 Å². The van der Waals surface area contributed by atoms with E-state index in [0.717, 1.165) is 17.9 Å². The Morgan fingerprint density at radius 2 is 1.86 bits per heavy atom. The molecule has 1 saturated carbocycles. The van der Waals surface area contributed by atoms with E-state index >= 15 is 0 Å². The Balaban J connectivity index is 1.93. The molecule has 0 radical (unpaired) electrons. The predicted molar refractivity (Wildman–Crippen MR) is 86.2 cm³/mol. The lowest BCUT2D eigenvalue weighted by Gasteiger charge is -2.37. The van der Waals surface area contributed by atoms with Gasteiger partial charge < -0.3 is 14.8 Å². The normalized spacial score (nSPS) is 26.1. The molecule has 3 nitrogen and oxygen atoms in total. The highest BCUT2D eigenvalue weighted by molar-refractivity contribution is 6.58. The minimum atomic E-state index is -1.40. The van der Waals surface area contributed by atoms with E-state index in [0.29, 0.717) is 30.0 Å². The summed E-state index contributed by atoms with van der Waals surface area (Å²) in [6, 6.07) is 7.30. The average molecular weight is 290 g/mol. The third-order valence-corrected chi connectivity index (χ3v) is 4.70. The second-order valence-electron chi connectivity index (χ2n) is 6.79. The molecule has 1 fully saturated rings. The highest BCUT2D eigenvalue weighted by atomic mass is 16.5. The summed E-state index contributed by atoms with van der Waals surface area (Å²) in [5.74, 6) is 2.06. The van der Waals surface area contributed by atoms with E-state index < -0.39 is 7.12 Å². The van der Waals surface area contributed by atoms with E-state index in [2.05, 4.69) is 20.8 Å². The molecule has 0 amide bonds. The first-order valence-corrected chi connectivity index (χ1v) is 8.04. The third kappa shape index (κ3) is 4.57. The molecule has 1 aliphatic rings. The molecule has 0 spiro atoms. The van der Waals surface area contributed by atoms with E-state index in [4.69, 9.17) is 14.8 Å². The lowest BCUT2D eigenvalue weighted by molar-refractivity contribution is -0.0472. The van der Waals surface area contributed by atoms with Crippen molar-refractivity contribution in [3.8, 4) is 0 Å². The minimum Gasteiger partial charge on any atom is -0.423 e. The first-order valence-electron chi connectivity index (χ1n) is 8.04. The van der Waals surface area contributed by atoms with Crippen molar-refractivity contribution in [1.82, 2.24) is 0 Å². The minimum absolute atomic E-state index is 0.344. The van der Waals surface area contributed by atoms with Gasteiger partial charge >= 0.3 is 7.12 Å². The highest BCUT2D eigenvalue weighted by Crippen LogP contribution is 2.35. The van der Waals surface area contributed by atoms with Gasteiger partial charge in [0.15, 0.2) is 0 Å². The molecule has 21 heavy (non-hydrogen) atoms. The van der Waals surface area contributed by atoms with Gasteiger partial charge in [-0.3, -0.25) is 0 Å². The van der Waals surface area contributed by atoms with E-state index in [1.54, 1.807) is 12.1 Å². The third-order valence-electron chi connectivity index (χ3n) is 4.70. The van der Waals surface area contributed by atoms with Crippen LogP contribution in [-0.4, -0.2) is 23.3 Å². The van der Waals surface area contributed by atoms with Crippen molar-refractivity contribution < 1.29 is 14.8 Å². The quantitative estimate of drug-likeness (QED) is 0.818. The van der Waals surface area contributed by atoms with Crippen LogP contribution in [0, 0.1) is 17.8 Å². The summed E-state index contributed by atoms with van der Waals surface area (Å²) in [5.41, 5.74) is 1.60. The summed E-state index contributed by atoms with van der Waals surface area (Å²) in [6.07, 6.45) is 4.07. The van der Waals surface area contributed by atoms with Gasteiger partial charge in [-0.1, -0.05) is 51.5 Å². The number of hydrogen-bond donors (Lipinski definition) is 2. The molecule has 4 heteroatoms. The fraction of sp³-hybridized carbons (Fsp3) is 0.647. The van der Waals surface area contributed by atoms with Gasteiger partial charge in [-0.15, -0.1) is 0 Å². The zero-order valence-electron chi connectivity index (χ0n) is 13.3. The van der Waals surface area contributed by atoms with Crippen molar-refractivity contribution in [3.05, 3.63) is 29.8 Å². The Morgan fingerprint density at radius 1 is 1.19 bits per heavy atom. The van der Waals surface area contributed by atoms with Crippen LogP contribution in [0.5, 0.6) is 0 Å². The Hall–Kier alpha value is -0.835. The maximum Gasteiger partial charge on any atom is 0.488 e. The van der Waals surface area contributed by atoms with Crippen LogP contribution >= 0.6 is 0 Å². The molecule has 0 aromatic heterocycles. The highest BCUT2D eigenvalue weighted by Gasteiger charge is 2.31. The molecule has 0 heterocycles. The van der Waals surface area contributed by atoms with Gasteiger partial charge in [0.25, 0.3) is 0 Å². The molecule has 3 atom stereocenters. The van der Waals surface area contributed by atoms with Crippen molar-refractivity contribution in [2.24, 2.45) is 17.8 Å². The number of rotatable bonds is 5. The first-order chi connectivity index (χ1) is 9.97. The van der Waals surface area contributed by atoms with Crippen LogP contribution in [0.3, 0.4) is 0 Å². The van der Waals surface area contributed by atoms with Gasteiger partial charge in [0.2, 0.25) is 0 Å². The number of hydrogen-bond acceptors (Lipinski definition) is 3. The molecule has 116 valence electrons. The summed E-state index contributed by atoms with van der Waals surface area (Å²) in [7, 11) is -1.40. The van der Waals surface area contributed by atoms with Crippen LogP contribution in [0.4, 0.5) is 0 Å². The lowest BCUT2D eigenvalue weighted by Crippen LogP contribution is -2.34. The van der Waals surface area contributed by atoms with Crippen molar-refractivity contribution >= 4 is 12.6 Å². The zero-order valence-corrected chi connectivity index (χ0v) is 13.3. The van der Waals surface area contributed by atoms with Crippen molar-refractivity contribution in [2.45, 2.75) is 52.7 Å². The van der Waals surface area contributed by atoms with Gasteiger partial charge in [-0.2, -0.15) is 0 Å². The Bertz CT molecular complexity index is 430. The molecule has 1 aromatic rings. The van der Waals surface area contributed by atoms with Crippen LogP contribution in [0.2, 0.25) is 0 Å². The topological polar surface area (TPSA) is 49.7 Å². The van der Waals surface area contributed by atoms with Gasteiger partial charge in [-0.25, -0.2) is 0 Å². The van der Waals surface area contributed by atoms with Crippen molar-refractivity contribution in [1.29, 1.82) is 0 Å². The number of ether oxygens (including phenoxy) is 1. The molecule has 3 unspecified atom stereocenters. The van der Waals surface area contributed by atoms with Crippen LogP contribution < -0.4 is 5.46 Å². The Morgan fingerprint density at radius 3 is 2.43 bits per heavy atom. The van der Waals surface area contributed by atoms with Crippen LogP contribution in [-0.2, 0) is 11.3 Å². The average Bonchev–Trinajstić information content (AvgIpc) is 2.45. The molecule has 1 aliphatic carbocycles. The van der Waals surface area contributed by atoms with E-state index in [9.17, 15) is 0 Å². The second kappa shape index (κ2) is 7.43. The summed E-state index contributed by atoms with van der Waals surface area (Å²) in [4.78, 5) is 0. The summed E-state index contributed by atoms with van der Waals surface area (Å²) in [5, 5.41) is 18.2. The maximum atomic E-state index is 9.10. The smallest absolute Gasteiger partial charge is 0.423 e. The van der Waals surface area contributed by atoms with Gasteiger partial charge in [0.05, 0.1) is 12.7 Å². The monoisotopic (exact) mass is 290 g/mol. The first kappa shape index (κ1) is 16.5. The maximum absolute atomic E-state index is 9.10. The molecule has 0 aliphatic heterocycles. The summed E-state index contributed by atoms with van der Waals surface area (Å²) in [6.45, 7) is 7.48. The molecule has 2 rings (SSSR count). The Labute approximate surface area is 128 Å². The second-order valence-corrected chi connectivity index (χ2v) is 6.79. The van der Waals surface area contributed by atoms with E-state index in [1.165, 1.54) is 12.8 Å². The summed E-state index contributed by atoms with van der Waals surface area (Å²) >= 11 is 0. The van der Waals surface area contributed by atoms with Gasteiger partial charge in [0, 0.05) is 0 Å². The number of benzene rings is 1. The van der Waals surface area contributed by atoms with Gasteiger partial charge in [-0.05, 0) is 41.6 Å². The lowest BCUT2D eigenvalue weighted by atomic mass is 9.75. The van der Waals surface area contributed by atoms with Crippen LogP contribution in [0.25, 0.3) is 0 Å². The molecular formula is C17H27BO3. The van der Waals surface area contributed by atoms with Crippen LogP contribution in [0.1, 0.15) is 45.6 Å². The van der Waals surface area contributed by atoms with Gasteiger partial charge in [0.1, 0.15) is 0 Å². The predicted octanol–water partition coefficient (Wildman–Crippen LogP) is 2.34. The largest absolute Gasteiger partial charge is 0.488 e. The summed E-state index contributed by atoms with van der Waals surface area (Å²) < 4.78 is 6.19. The molecular weight excluding hydrogens is 263 g/mol. The standard InChI is InChI=1S/C17H27BO3/c1-12(2)16-9-4-13(3)10-17(16)21-11-14-5-7-15(8-6-14)18(19)20/h5-8,12-13,16-17,19-20H,4,9-11H2,1-3H3. The fourth-order valence-electron chi connectivity index (χ4n) is 3.30. The zero-order chi connectivity index (χ0) is 15.4. The fourth-order valence-corrected chi connectivity index (χ4v) is 3.30. The van der Waals surface area contributed by atoms with Crippen molar-refractivity contribution in [3.63, 3.8) is 0 Å². The molecule has 0 bridgehead atoms. The van der Waals surface area contributed by atoms with Crippen molar-refractivity contribution in [2.75, 3.05) is 0 Å². The van der Waals surface area contributed by atoms with E-state index in [1.807, 2.05) is 12.1 Å². The molecule has 1 aromatic carbocycles. The SMILES string of the molecule is CC1CCC(C(C)C)C(OCc2ccc(B(O)O)cc2)C1. The Kier molecular flexibility index (Phi) is 5.85.